The summed E-state index contributed by atoms with van der Waals surface area (Å²) in [4.78, 5) is 4.58. The van der Waals surface area contributed by atoms with Crippen LogP contribution in [0.4, 0.5) is 4.39 Å². The number of halogens is 2. The second-order valence-corrected chi connectivity index (χ2v) is 5.52. The topological polar surface area (TPSA) is 26.7 Å². The highest BCUT2D eigenvalue weighted by atomic mass is 35.5. The van der Waals surface area contributed by atoms with Crippen LogP contribution in [0.2, 0.25) is 5.02 Å². The van der Waals surface area contributed by atoms with Crippen molar-refractivity contribution in [3.8, 4) is 0 Å². The molecule has 1 aliphatic rings. The average molecular weight is 287 g/mol. The molecule has 1 saturated heterocycles. The molecule has 1 aromatic carbocycles. The molecule has 3 nitrogen and oxygen atoms in total. The molecule has 2 rings (SSSR count). The summed E-state index contributed by atoms with van der Waals surface area (Å²) in [6, 6.07) is 4.93. The number of aliphatic hydroxyl groups is 1. The second kappa shape index (κ2) is 6.66. The van der Waals surface area contributed by atoms with Crippen molar-refractivity contribution < 1.29 is 9.50 Å². The third-order valence-corrected chi connectivity index (χ3v) is 4.08. The van der Waals surface area contributed by atoms with Crippen molar-refractivity contribution in [1.82, 2.24) is 9.80 Å². The number of benzene rings is 1. The normalized spacial score (nSPS) is 21.8. The number of rotatable bonds is 4. The summed E-state index contributed by atoms with van der Waals surface area (Å²) in [6.07, 6.45) is 0.782. The van der Waals surface area contributed by atoms with Crippen LogP contribution in [-0.4, -0.2) is 54.2 Å². The van der Waals surface area contributed by atoms with Crippen LogP contribution < -0.4 is 0 Å². The predicted molar refractivity (Wildman–Crippen MR) is 74.8 cm³/mol. The molecule has 106 valence electrons. The van der Waals surface area contributed by atoms with Crippen molar-refractivity contribution in [3.63, 3.8) is 0 Å². The van der Waals surface area contributed by atoms with Crippen LogP contribution in [0.25, 0.3) is 0 Å². The highest BCUT2D eigenvalue weighted by Gasteiger charge is 2.24. The summed E-state index contributed by atoms with van der Waals surface area (Å²) < 4.78 is 13.0. The number of hydrogen-bond acceptors (Lipinski definition) is 3. The molecule has 1 unspecified atom stereocenters. The van der Waals surface area contributed by atoms with Gasteiger partial charge in [0.05, 0.1) is 0 Å². The first-order valence-electron chi connectivity index (χ1n) is 6.57. The first kappa shape index (κ1) is 14.7. The van der Waals surface area contributed by atoms with E-state index in [1.54, 1.807) is 6.07 Å². The van der Waals surface area contributed by atoms with Gasteiger partial charge in [-0.05, 0) is 31.2 Å². The van der Waals surface area contributed by atoms with E-state index >= 15 is 0 Å². The maximum atomic E-state index is 13.0. The van der Waals surface area contributed by atoms with E-state index in [0.717, 1.165) is 38.2 Å². The van der Waals surface area contributed by atoms with Gasteiger partial charge in [-0.1, -0.05) is 17.7 Å². The van der Waals surface area contributed by atoms with E-state index < -0.39 is 0 Å². The Morgan fingerprint density at radius 2 is 2.21 bits per heavy atom. The molecular formula is C14H20ClFN2O. The molecule has 0 aromatic heterocycles. The zero-order valence-electron chi connectivity index (χ0n) is 11.1. The van der Waals surface area contributed by atoms with E-state index in [-0.39, 0.29) is 12.4 Å². The summed E-state index contributed by atoms with van der Waals surface area (Å²) in [6.45, 7) is 3.79. The molecule has 0 spiro atoms. The number of hydrogen-bond donors (Lipinski definition) is 1. The molecule has 1 heterocycles. The lowest BCUT2D eigenvalue weighted by atomic mass is 10.1. The highest BCUT2D eigenvalue weighted by molar-refractivity contribution is 6.31. The van der Waals surface area contributed by atoms with Gasteiger partial charge in [-0.25, -0.2) is 4.39 Å². The standard InChI is InChI=1S/C14H20ClFN2O/c1-17-5-6-18(10-13(17)4-7-19)9-11-2-3-12(16)8-14(11)15/h2-3,8,13,19H,4-7,9-10H2,1H3. The SMILES string of the molecule is CN1CCN(Cc2ccc(F)cc2Cl)CC1CCO. The Kier molecular flexibility index (Phi) is 5.16. The zero-order valence-corrected chi connectivity index (χ0v) is 11.9. The molecule has 1 atom stereocenters. The third kappa shape index (κ3) is 3.89. The summed E-state index contributed by atoms with van der Waals surface area (Å²) in [5, 5.41) is 9.56. The fourth-order valence-electron chi connectivity index (χ4n) is 2.51. The quantitative estimate of drug-likeness (QED) is 0.917. The molecule has 1 aromatic rings. The summed E-state index contributed by atoms with van der Waals surface area (Å²) in [7, 11) is 2.09. The van der Waals surface area contributed by atoms with Crippen LogP contribution in [0.1, 0.15) is 12.0 Å². The Bertz CT molecular complexity index is 430. The van der Waals surface area contributed by atoms with E-state index in [2.05, 4.69) is 16.8 Å². The Morgan fingerprint density at radius 3 is 2.89 bits per heavy atom. The third-order valence-electron chi connectivity index (χ3n) is 3.73. The van der Waals surface area contributed by atoms with E-state index in [1.165, 1.54) is 12.1 Å². The minimum Gasteiger partial charge on any atom is -0.396 e. The van der Waals surface area contributed by atoms with E-state index in [4.69, 9.17) is 16.7 Å². The Balaban J connectivity index is 1.99. The van der Waals surface area contributed by atoms with Gasteiger partial charge in [0.1, 0.15) is 5.82 Å². The minimum absolute atomic E-state index is 0.208. The lowest BCUT2D eigenvalue weighted by Crippen LogP contribution is -2.51. The maximum absolute atomic E-state index is 13.0. The Hall–Kier alpha value is -0.680. The lowest BCUT2D eigenvalue weighted by molar-refractivity contribution is 0.0743. The number of piperazine rings is 1. The van der Waals surface area contributed by atoms with Gasteiger partial charge in [-0.2, -0.15) is 0 Å². The second-order valence-electron chi connectivity index (χ2n) is 5.12. The fraction of sp³-hybridized carbons (Fsp3) is 0.571. The van der Waals surface area contributed by atoms with Gasteiger partial charge >= 0.3 is 0 Å². The monoisotopic (exact) mass is 286 g/mol. The first-order valence-corrected chi connectivity index (χ1v) is 6.95. The van der Waals surface area contributed by atoms with Crippen LogP contribution in [0.3, 0.4) is 0 Å². The van der Waals surface area contributed by atoms with Crippen molar-refractivity contribution in [1.29, 1.82) is 0 Å². The number of aliphatic hydroxyl groups excluding tert-OH is 1. The molecule has 0 radical (unpaired) electrons. The van der Waals surface area contributed by atoms with Crippen molar-refractivity contribution in [2.45, 2.75) is 19.0 Å². The summed E-state index contributed by atoms with van der Waals surface area (Å²) in [5.74, 6) is -0.301. The molecule has 1 aliphatic heterocycles. The van der Waals surface area contributed by atoms with Crippen LogP contribution >= 0.6 is 11.6 Å². The Morgan fingerprint density at radius 1 is 1.42 bits per heavy atom. The van der Waals surface area contributed by atoms with Gasteiger partial charge in [0, 0.05) is 43.9 Å². The minimum atomic E-state index is -0.301. The fourth-order valence-corrected chi connectivity index (χ4v) is 2.73. The maximum Gasteiger partial charge on any atom is 0.124 e. The summed E-state index contributed by atoms with van der Waals surface area (Å²) >= 11 is 6.06. The molecule has 1 fully saturated rings. The first-order chi connectivity index (χ1) is 9.10. The van der Waals surface area contributed by atoms with Gasteiger partial charge < -0.3 is 10.0 Å². The van der Waals surface area contributed by atoms with Crippen LogP contribution in [0, 0.1) is 5.82 Å². The van der Waals surface area contributed by atoms with Gasteiger partial charge in [-0.15, -0.1) is 0 Å². The van der Waals surface area contributed by atoms with Crippen molar-refractivity contribution in [3.05, 3.63) is 34.6 Å². The molecule has 0 saturated carbocycles. The highest BCUT2D eigenvalue weighted by Crippen LogP contribution is 2.21. The number of likely N-dealkylation sites (N-methyl/N-ethyl adjacent to an activating group) is 1. The van der Waals surface area contributed by atoms with Gasteiger partial charge in [0.2, 0.25) is 0 Å². The van der Waals surface area contributed by atoms with Crippen LogP contribution in [0.5, 0.6) is 0 Å². The summed E-state index contributed by atoms with van der Waals surface area (Å²) in [5.41, 5.74) is 0.954. The van der Waals surface area contributed by atoms with E-state index in [1.807, 2.05) is 0 Å². The van der Waals surface area contributed by atoms with Crippen molar-refractivity contribution in [2.24, 2.45) is 0 Å². The van der Waals surface area contributed by atoms with Gasteiger partial charge in [0.15, 0.2) is 0 Å². The van der Waals surface area contributed by atoms with Crippen molar-refractivity contribution >= 4 is 11.6 Å². The molecule has 0 aliphatic carbocycles. The van der Waals surface area contributed by atoms with Gasteiger partial charge in [-0.3, -0.25) is 4.90 Å². The zero-order chi connectivity index (χ0) is 13.8. The Labute approximate surface area is 118 Å². The molecule has 5 heteroatoms. The van der Waals surface area contributed by atoms with Crippen molar-refractivity contribution in [2.75, 3.05) is 33.3 Å². The van der Waals surface area contributed by atoms with E-state index in [0.29, 0.717) is 11.1 Å². The molecular weight excluding hydrogens is 267 g/mol. The average Bonchev–Trinajstić information content (AvgIpc) is 2.37. The van der Waals surface area contributed by atoms with Crippen LogP contribution in [0.15, 0.2) is 18.2 Å². The molecule has 1 N–H and O–H groups in total. The molecule has 0 bridgehead atoms. The predicted octanol–water partition coefficient (Wildman–Crippen LogP) is 1.98. The van der Waals surface area contributed by atoms with Crippen LogP contribution in [-0.2, 0) is 6.54 Å². The smallest absolute Gasteiger partial charge is 0.124 e. The van der Waals surface area contributed by atoms with E-state index in [9.17, 15) is 4.39 Å². The largest absolute Gasteiger partial charge is 0.396 e. The lowest BCUT2D eigenvalue weighted by Gasteiger charge is -2.39. The molecule has 19 heavy (non-hydrogen) atoms. The molecule has 0 amide bonds. The number of nitrogens with zero attached hydrogens (tertiary/aromatic N) is 2. The van der Waals surface area contributed by atoms with Gasteiger partial charge in [0.25, 0.3) is 0 Å².